The minimum absolute atomic E-state index is 0.203. The van der Waals surface area contributed by atoms with E-state index in [-0.39, 0.29) is 4.90 Å². The van der Waals surface area contributed by atoms with Crippen molar-refractivity contribution in [2.75, 3.05) is 11.4 Å². The molecule has 0 atom stereocenters. The largest absolute Gasteiger partial charge is 0.268 e. The van der Waals surface area contributed by atoms with E-state index < -0.39 is 10.0 Å². The molecule has 0 aliphatic heterocycles. The fourth-order valence-electron chi connectivity index (χ4n) is 2.34. The minimum Gasteiger partial charge on any atom is -0.268 e. The lowest BCUT2D eigenvalue weighted by Crippen LogP contribution is -2.26. The molecule has 0 unspecified atom stereocenters. The Bertz CT molecular complexity index is 987. The first-order chi connectivity index (χ1) is 10.9. The van der Waals surface area contributed by atoms with Gasteiger partial charge in [-0.3, -0.25) is 4.31 Å². The third kappa shape index (κ3) is 3.02. The second kappa shape index (κ2) is 6.04. The van der Waals surface area contributed by atoms with Gasteiger partial charge >= 0.3 is 0 Å². The van der Waals surface area contributed by atoms with Crippen molar-refractivity contribution in [3.63, 3.8) is 0 Å². The molecule has 0 radical (unpaired) electrons. The first kappa shape index (κ1) is 16.1. The van der Waals surface area contributed by atoms with Crippen LogP contribution in [-0.4, -0.2) is 15.5 Å². The van der Waals surface area contributed by atoms with Gasteiger partial charge in [-0.05, 0) is 41.1 Å². The van der Waals surface area contributed by atoms with Gasteiger partial charge in [0, 0.05) is 12.1 Å². The smallest absolute Gasteiger partial charge is 0.264 e. The molecule has 0 aliphatic rings. The molecule has 0 saturated carbocycles. The van der Waals surface area contributed by atoms with Crippen molar-refractivity contribution in [3.8, 4) is 0 Å². The molecule has 0 amide bonds. The average Bonchev–Trinajstić information content (AvgIpc) is 2.56. The van der Waals surface area contributed by atoms with Crippen molar-refractivity contribution in [1.29, 1.82) is 0 Å². The van der Waals surface area contributed by atoms with Crippen LogP contribution in [0.15, 0.2) is 65.6 Å². The summed E-state index contributed by atoms with van der Waals surface area (Å²) in [6.07, 6.45) is 0. The van der Waals surface area contributed by atoms with Gasteiger partial charge in [0.1, 0.15) is 0 Å². The number of nitrogens with zero attached hydrogens (tertiary/aromatic N) is 1. The number of sulfonamides is 1. The first-order valence-corrected chi connectivity index (χ1v) is 9.02. The monoisotopic (exact) mass is 365 g/mol. The molecule has 118 valence electrons. The van der Waals surface area contributed by atoms with Gasteiger partial charge in [0.15, 0.2) is 0 Å². The van der Waals surface area contributed by atoms with E-state index in [1.54, 1.807) is 30.3 Å². The van der Waals surface area contributed by atoms with Crippen LogP contribution in [0.4, 0.5) is 5.69 Å². The summed E-state index contributed by atoms with van der Waals surface area (Å²) in [6, 6.07) is 17.3. The Morgan fingerprint density at radius 2 is 1.57 bits per heavy atom. The third-order valence-electron chi connectivity index (χ3n) is 3.63. The van der Waals surface area contributed by atoms with Crippen LogP contribution in [-0.2, 0) is 10.0 Å². The predicted molar refractivity (Wildman–Crippen MR) is 96.0 cm³/mol. The van der Waals surface area contributed by atoms with E-state index in [4.69, 9.17) is 23.2 Å². The lowest BCUT2D eigenvalue weighted by Gasteiger charge is -2.21. The molecule has 3 nitrogen and oxygen atoms in total. The zero-order valence-corrected chi connectivity index (χ0v) is 14.5. The van der Waals surface area contributed by atoms with Crippen molar-refractivity contribution < 1.29 is 8.42 Å². The summed E-state index contributed by atoms with van der Waals surface area (Å²) in [5.41, 5.74) is 0.340. The average molecular weight is 366 g/mol. The van der Waals surface area contributed by atoms with E-state index in [1.807, 2.05) is 24.3 Å². The molecule has 0 spiro atoms. The van der Waals surface area contributed by atoms with Crippen LogP contribution < -0.4 is 4.31 Å². The topological polar surface area (TPSA) is 37.4 Å². The maximum atomic E-state index is 12.9. The first-order valence-electron chi connectivity index (χ1n) is 6.82. The molecule has 0 aliphatic carbocycles. The van der Waals surface area contributed by atoms with Crippen LogP contribution in [0.25, 0.3) is 10.8 Å². The summed E-state index contributed by atoms with van der Waals surface area (Å²) in [4.78, 5) is 0.203. The molecular weight excluding hydrogens is 353 g/mol. The molecule has 3 aromatic rings. The highest BCUT2D eigenvalue weighted by atomic mass is 35.5. The molecule has 3 rings (SSSR count). The number of fused-ring (bicyclic) bond motifs is 1. The van der Waals surface area contributed by atoms with Gasteiger partial charge in [-0.1, -0.05) is 53.5 Å². The van der Waals surface area contributed by atoms with Gasteiger partial charge in [-0.15, -0.1) is 0 Å². The molecule has 0 fully saturated rings. The predicted octanol–water partition coefficient (Wildman–Crippen LogP) is 4.97. The summed E-state index contributed by atoms with van der Waals surface area (Å²) < 4.78 is 26.9. The van der Waals surface area contributed by atoms with Crippen LogP contribution >= 0.6 is 23.2 Å². The minimum atomic E-state index is -3.73. The lowest BCUT2D eigenvalue weighted by molar-refractivity contribution is 0.594. The molecule has 0 N–H and O–H groups in total. The zero-order valence-electron chi connectivity index (χ0n) is 12.2. The SMILES string of the molecule is CN(c1cc(Cl)ccc1Cl)S(=O)(=O)c1ccc2ccccc2c1. The molecule has 0 heterocycles. The van der Waals surface area contributed by atoms with Gasteiger partial charge in [0.25, 0.3) is 10.0 Å². The van der Waals surface area contributed by atoms with Crippen LogP contribution in [0.1, 0.15) is 0 Å². The quantitative estimate of drug-likeness (QED) is 0.656. The number of hydrogen-bond acceptors (Lipinski definition) is 2. The summed E-state index contributed by atoms with van der Waals surface area (Å²) in [5.74, 6) is 0. The highest BCUT2D eigenvalue weighted by Gasteiger charge is 2.23. The standard InChI is InChI=1S/C17H13Cl2NO2S/c1-20(17-11-14(18)7-9-16(17)19)23(21,22)15-8-6-12-4-2-3-5-13(12)10-15/h2-11H,1H3. The number of rotatable bonds is 3. The van der Waals surface area contributed by atoms with Crippen LogP contribution in [0.3, 0.4) is 0 Å². The number of anilines is 1. The van der Waals surface area contributed by atoms with Crippen molar-refractivity contribution >= 4 is 49.7 Å². The van der Waals surface area contributed by atoms with E-state index in [1.165, 1.54) is 13.1 Å². The Hall–Kier alpha value is -1.75. The Kier molecular flexibility index (Phi) is 4.23. The molecular formula is C17H13Cl2NO2S. The summed E-state index contributed by atoms with van der Waals surface area (Å²) in [6.45, 7) is 0. The number of benzene rings is 3. The van der Waals surface area contributed by atoms with E-state index in [0.717, 1.165) is 15.1 Å². The van der Waals surface area contributed by atoms with E-state index >= 15 is 0 Å². The second-order valence-electron chi connectivity index (χ2n) is 5.08. The Labute approximate surface area is 145 Å². The van der Waals surface area contributed by atoms with E-state index in [9.17, 15) is 8.42 Å². The van der Waals surface area contributed by atoms with Crippen molar-refractivity contribution in [3.05, 3.63) is 70.7 Å². The fourth-order valence-corrected chi connectivity index (χ4v) is 4.05. The van der Waals surface area contributed by atoms with Crippen LogP contribution in [0.5, 0.6) is 0 Å². The number of halogens is 2. The Balaban J connectivity index is 2.10. The van der Waals surface area contributed by atoms with Crippen molar-refractivity contribution in [2.24, 2.45) is 0 Å². The molecule has 23 heavy (non-hydrogen) atoms. The second-order valence-corrected chi connectivity index (χ2v) is 7.89. The molecule has 0 saturated heterocycles. The van der Waals surface area contributed by atoms with Gasteiger partial charge < -0.3 is 0 Å². The zero-order chi connectivity index (χ0) is 16.6. The lowest BCUT2D eigenvalue weighted by atomic mass is 10.1. The number of hydrogen-bond donors (Lipinski definition) is 0. The Morgan fingerprint density at radius 1 is 0.870 bits per heavy atom. The third-order valence-corrected chi connectivity index (χ3v) is 5.95. The van der Waals surface area contributed by atoms with Crippen LogP contribution in [0, 0.1) is 0 Å². The van der Waals surface area contributed by atoms with Crippen LogP contribution in [0.2, 0.25) is 10.0 Å². The molecule has 0 aromatic heterocycles. The molecule has 3 aromatic carbocycles. The van der Waals surface area contributed by atoms with Gasteiger partial charge in [-0.25, -0.2) is 8.42 Å². The fraction of sp³-hybridized carbons (Fsp3) is 0.0588. The highest BCUT2D eigenvalue weighted by molar-refractivity contribution is 7.92. The normalized spacial score (nSPS) is 11.6. The molecule has 6 heteroatoms. The van der Waals surface area contributed by atoms with E-state index in [0.29, 0.717) is 15.7 Å². The maximum Gasteiger partial charge on any atom is 0.264 e. The summed E-state index contributed by atoms with van der Waals surface area (Å²) in [5, 5.41) is 2.58. The maximum absolute atomic E-state index is 12.9. The Morgan fingerprint density at radius 3 is 2.30 bits per heavy atom. The van der Waals surface area contributed by atoms with Crippen molar-refractivity contribution in [2.45, 2.75) is 4.90 Å². The highest BCUT2D eigenvalue weighted by Crippen LogP contribution is 2.32. The summed E-state index contributed by atoms with van der Waals surface area (Å²) >= 11 is 12.1. The van der Waals surface area contributed by atoms with E-state index in [2.05, 4.69) is 0 Å². The van der Waals surface area contributed by atoms with Crippen molar-refractivity contribution in [1.82, 2.24) is 0 Å². The van der Waals surface area contributed by atoms with Gasteiger partial charge in [0.05, 0.1) is 15.6 Å². The molecule has 0 bridgehead atoms. The summed E-state index contributed by atoms with van der Waals surface area (Å²) in [7, 11) is -2.27. The van der Waals surface area contributed by atoms with Gasteiger partial charge in [0.2, 0.25) is 0 Å². The van der Waals surface area contributed by atoms with Gasteiger partial charge in [-0.2, -0.15) is 0 Å².